The molecule has 0 spiro atoms. The highest BCUT2D eigenvalue weighted by molar-refractivity contribution is 5.77. The van der Waals surface area contributed by atoms with Crippen LogP contribution in [0.15, 0.2) is 18.2 Å². The van der Waals surface area contributed by atoms with Crippen LogP contribution < -0.4 is 5.73 Å². The van der Waals surface area contributed by atoms with Gasteiger partial charge in [-0.15, -0.1) is 0 Å². The monoisotopic (exact) mass is 257 g/mol. The molecule has 0 atom stereocenters. The van der Waals surface area contributed by atoms with E-state index in [9.17, 15) is 0 Å². The van der Waals surface area contributed by atoms with Crippen molar-refractivity contribution in [1.29, 1.82) is 0 Å². The smallest absolute Gasteiger partial charge is 0.106 e. The Balaban J connectivity index is 1.77. The molecule has 3 nitrogen and oxygen atoms in total. The van der Waals surface area contributed by atoms with Crippen LogP contribution in [0, 0.1) is 6.92 Å². The first-order valence-electron chi connectivity index (χ1n) is 7.47. The Bertz CT molecular complexity index is 567. The summed E-state index contributed by atoms with van der Waals surface area (Å²) in [7, 11) is 0. The number of aryl methyl sites for hydroxylation is 2. The second-order valence-electron chi connectivity index (χ2n) is 5.68. The third kappa shape index (κ3) is 2.66. The fourth-order valence-corrected chi connectivity index (χ4v) is 2.86. The quantitative estimate of drug-likeness (QED) is 0.806. The van der Waals surface area contributed by atoms with Crippen LogP contribution in [-0.2, 0) is 6.42 Å². The molecule has 3 rings (SSSR count). The third-order valence-electron chi connectivity index (χ3n) is 4.01. The lowest BCUT2D eigenvalue weighted by Gasteiger charge is -2.05. The Labute approximate surface area is 114 Å². The zero-order valence-corrected chi connectivity index (χ0v) is 11.7. The van der Waals surface area contributed by atoms with E-state index in [-0.39, 0.29) is 0 Å². The van der Waals surface area contributed by atoms with Crippen LogP contribution >= 0.6 is 0 Å². The largest absolute Gasteiger partial charge is 0.330 e. The van der Waals surface area contributed by atoms with Crippen molar-refractivity contribution >= 4 is 11.0 Å². The third-order valence-corrected chi connectivity index (χ3v) is 4.01. The molecule has 0 unspecified atom stereocenters. The van der Waals surface area contributed by atoms with Gasteiger partial charge in [-0.25, -0.2) is 4.98 Å². The molecule has 1 saturated carbocycles. The van der Waals surface area contributed by atoms with Crippen molar-refractivity contribution in [1.82, 2.24) is 9.55 Å². The van der Waals surface area contributed by atoms with Crippen LogP contribution in [0.2, 0.25) is 0 Å². The van der Waals surface area contributed by atoms with Gasteiger partial charge in [0.25, 0.3) is 0 Å². The second-order valence-corrected chi connectivity index (χ2v) is 5.68. The van der Waals surface area contributed by atoms with Crippen molar-refractivity contribution in [2.75, 3.05) is 6.54 Å². The fraction of sp³-hybridized carbons (Fsp3) is 0.562. The Morgan fingerprint density at radius 1 is 1.26 bits per heavy atom. The zero-order chi connectivity index (χ0) is 13.2. The van der Waals surface area contributed by atoms with Gasteiger partial charge in [0.15, 0.2) is 0 Å². The summed E-state index contributed by atoms with van der Waals surface area (Å²) in [6.07, 6.45) is 7.36. The first-order valence-corrected chi connectivity index (χ1v) is 7.47. The highest BCUT2D eigenvalue weighted by Crippen LogP contribution is 2.38. The lowest BCUT2D eigenvalue weighted by atomic mass is 10.1. The summed E-state index contributed by atoms with van der Waals surface area (Å²) in [6.45, 7) is 2.93. The number of hydrogen-bond donors (Lipinski definition) is 1. The maximum absolute atomic E-state index is 5.52. The van der Waals surface area contributed by atoms with Crippen LogP contribution in [0.4, 0.5) is 0 Å². The molecule has 102 valence electrons. The lowest BCUT2D eigenvalue weighted by Crippen LogP contribution is -1.98. The van der Waals surface area contributed by atoms with E-state index in [1.165, 1.54) is 42.3 Å². The number of nitrogens with zero attached hydrogens (tertiary/aromatic N) is 2. The Morgan fingerprint density at radius 3 is 2.84 bits per heavy atom. The number of imidazole rings is 1. The van der Waals surface area contributed by atoms with E-state index in [0.29, 0.717) is 6.04 Å². The summed E-state index contributed by atoms with van der Waals surface area (Å²) in [5, 5.41) is 0. The number of aromatic nitrogens is 2. The van der Waals surface area contributed by atoms with Crippen molar-refractivity contribution in [2.24, 2.45) is 5.73 Å². The van der Waals surface area contributed by atoms with E-state index in [4.69, 9.17) is 10.7 Å². The molecule has 1 fully saturated rings. The number of fused-ring (bicyclic) bond motifs is 1. The van der Waals surface area contributed by atoms with E-state index in [1.807, 2.05) is 0 Å². The van der Waals surface area contributed by atoms with Crippen LogP contribution in [0.1, 0.15) is 49.5 Å². The molecular formula is C16H23N3. The molecule has 0 amide bonds. The standard InChI is InChI=1S/C16H23N3/c1-12-18-15-11-13(5-3-2-4-10-17)6-9-16(15)19(12)14-7-8-14/h6,9,11,14H,2-5,7-8,10,17H2,1H3. The molecule has 0 radical (unpaired) electrons. The molecule has 3 heteroatoms. The van der Waals surface area contributed by atoms with Crippen molar-refractivity contribution < 1.29 is 0 Å². The average Bonchev–Trinajstić information content (AvgIpc) is 3.17. The molecule has 0 saturated heterocycles. The van der Waals surface area contributed by atoms with E-state index >= 15 is 0 Å². The summed E-state index contributed by atoms with van der Waals surface area (Å²) in [4.78, 5) is 4.72. The highest BCUT2D eigenvalue weighted by atomic mass is 15.1. The number of nitrogens with two attached hydrogens (primary N) is 1. The van der Waals surface area contributed by atoms with Gasteiger partial charge >= 0.3 is 0 Å². The van der Waals surface area contributed by atoms with Crippen LogP contribution in [0.3, 0.4) is 0 Å². The predicted molar refractivity (Wildman–Crippen MR) is 79.4 cm³/mol. The zero-order valence-electron chi connectivity index (χ0n) is 11.7. The molecule has 1 aromatic carbocycles. The average molecular weight is 257 g/mol. The molecule has 1 aliphatic carbocycles. The summed E-state index contributed by atoms with van der Waals surface area (Å²) >= 11 is 0. The minimum atomic E-state index is 0.709. The normalized spacial score (nSPS) is 15.3. The fourth-order valence-electron chi connectivity index (χ4n) is 2.86. The molecule has 2 aromatic rings. The molecule has 19 heavy (non-hydrogen) atoms. The van der Waals surface area contributed by atoms with Crippen LogP contribution in [0.5, 0.6) is 0 Å². The Morgan fingerprint density at radius 2 is 2.11 bits per heavy atom. The summed E-state index contributed by atoms with van der Waals surface area (Å²) < 4.78 is 2.41. The molecule has 0 bridgehead atoms. The van der Waals surface area contributed by atoms with Crippen molar-refractivity contribution in [3.63, 3.8) is 0 Å². The molecular weight excluding hydrogens is 234 g/mol. The van der Waals surface area contributed by atoms with Crippen LogP contribution in [-0.4, -0.2) is 16.1 Å². The first kappa shape index (κ1) is 12.7. The van der Waals surface area contributed by atoms with Gasteiger partial charge in [-0.05, 0) is 63.3 Å². The molecule has 1 aliphatic rings. The van der Waals surface area contributed by atoms with Crippen molar-refractivity contribution in [3.8, 4) is 0 Å². The summed E-state index contributed by atoms with van der Waals surface area (Å²) in [6, 6.07) is 7.50. The maximum atomic E-state index is 5.52. The van der Waals surface area contributed by atoms with Crippen LogP contribution in [0.25, 0.3) is 11.0 Å². The topological polar surface area (TPSA) is 43.8 Å². The van der Waals surface area contributed by atoms with Gasteiger partial charge in [-0.3, -0.25) is 0 Å². The molecule has 2 N–H and O–H groups in total. The lowest BCUT2D eigenvalue weighted by molar-refractivity contribution is 0.687. The number of benzene rings is 1. The minimum Gasteiger partial charge on any atom is -0.330 e. The first-order chi connectivity index (χ1) is 9.29. The second kappa shape index (κ2) is 5.33. The van der Waals surface area contributed by atoms with Gasteiger partial charge < -0.3 is 10.3 Å². The highest BCUT2D eigenvalue weighted by Gasteiger charge is 2.26. The SMILES string of the molecule is Cc1nc2cc(CCCCCN)ccc2n1C1CC1. The van der Waals surface area contributed by atoms with Crippen molar-refractivity contribution in [2.45, 2.75) is 51.5 Å². The van der Waals surface area contributed by atoms with E-state index in [2.05, 4.69) is 29.7 Å². The van der Waals surface area contributed by atoms with Gasteiger partial charge in [-0.1, -0.05) is 12.5 Å². The van der Waals surface area contributed by atoms with E-state index in [1.54, 1.807) is 0 Å². The number of unbranched alkanes of at least 4 members (excludes halogenated alkanes) is 2. The van der Waals surface area contributed by atoms with Gasteiger partial charge in [0.05, 0.1) is 11.0 Å². The van der Waals surface area contributed by atoms with Gasteiger partial charge in [-0.2, -0.15) is 0 Å². The summed E-state index contributed by atoms with van der Waals surface area (Å²) in [5.74, 6) is 1.16. The number of rotatable bonds is 6. The van der Waals surface area contributed by atoms with Gasteiger partial charge in [0.1, 0.15) is 5.82 Å². The van der Waals surface area contributed by atoms with E-state index in [0.717, 1.165) is 25.2 Å². The Hall–Kier alpha value is -1.35. The van der Waals surface area contributed by atoms with E-state index < -0.39 is 0 Å². The van der Waals surface area contributed by atoms with Crippen molar-refractivity contribution in [3.05, 3.63) is 29.6 Å². The molecule has 1 heterocycles. The summed E-state index contributed by atoms with van der Waals surface area (Å²) in [5.41, 5.74) is 9.41. The number of hydrogen-bond acceptors (Lipinski definition) is 2. The maximum Gasteiger partial charge on any atom is 0.106 e. The van der Waals surface area contributed by atoms with Gasteiger partial charge in [0.2, 0.25) is 0 Å². The Kier molecular flexibility index (Phi) is 3.56. The predicted octanol–water partition coefficient (Wildman–Crippen LogP) is 3.35. The minimum absolute atomic E-state index is 0.709. The molecule has 1 aromatic heterocycles. The molecule has 0 aliphatic heterocycles. The van der Waals surface area contributed by atoms with Gasteiger partial charge in [0, 0.05) is 6.04 Å².